The van der Waals surface area contributed by atoms with Crippen LogP contribution in [0.25, 0.3) is 93.9 Å². The van der Waals surface area contributed by atoms with E-state index in [2.05, 4.69) is 264 Å². The minimum Gasteiger partial charge on any atom is -0.453 e. The molecule has 0 radical (unpaired) electrons. The lowest BCUT2D eigenvalue weighted by molar-refractivity contribution is 0.670. The monoisotopic (exact) mass is 890 g/mol. The van der Waals surface area contributed by atoms with E-state index >= 15 is 0 Å². The third kappa shape index (κ3) is 5.34. The predicted octanol–water partition coefficient (Wildman–Crippen LogP) is 17.8. The summed E-state index contributed by atoms with van der Waals surface area (Å²) in [6.07, 6.45) is 0. The fraction of sp³-hybridized carbons (Fsp3) is 0.0149. The number of nitrogens with zero attached hydrogens (tertiary/aromatic N) is 2. The Morgan fingerprint density at radius 3 is 1.57 bits per heavy atom. The zero-order chi connectivity index (χ0) is 45.9. The van der Waals surface area contributed by atoms with E-state index < -0.39 is 5.41 Å². The molecule has 2 aliphatic carbocycles. The van der Waals surface area contributed by atoms with E-state index in [4.69, 9.17) is 4.42 Å². The fourth-order valence-corrected chi connectivity index (χ4v) is 12.4. The molecule has 3 heteroatoms. The molecule has 0 saturated heterocycles. The van der Waals surface area contributed by atoms with Gasteiger partial charge in [0, 0.05) is 44.2 Å². The summed E-state index contributed by atoms with van der Waals surface area (Å²) in [4.78, 5) is 2.40. The maximum Gasteiger partial charge on any atom is 0.159 e. The Labute approximate surface area is 405 Å². The van der Waals surface area contributed by atoms with E-state index in [1.807, 2.05) is 0 Å². The van der Waals surface area contributed by atoms with Gasteiger partial charge in [0.05, 0.1) is 22.1 Å². The fourth-order valence-electron chi connectivity index (χ4n) is 12.4. The first-order valence-corrected chi connectivity index (χ1v) is 24.2. The molecule has 0 N–H and O–H groups in total. The van der Waals surface area contributed by atoms with Crippen molar-refractivity contribution >= 4 is 60.8 Å². The minimum atomic E-state index is -0.464. The maximum atomic E-state index is 7.17. The molecule has 70 heavy (non-hydrogen) atoms. The average Bonchev–Trinajstić information content (AvgIpc) is 4.17. The number of aromatic nitrogens is 1. The Morgan fingerprint density at radius 2 is 0.871 bits per heavy atom. The maximum absolute atomic E-state index is 7.17. The standard InChI is InChI=1S/C67H42N2O/c1-4-18-43(19-5-1)44-34-36-47(37-35-44)68(62-33-17-29-53-52-28-16-27-49(65(52)70-66(53)62)45-20-6-2-7-21-45)48-38-40-60-55(42-48)64-61(69(60)46-22-8-3-9-23-46)41-39-59-63(64)54-26-12-15-32-58(54)67(59)56-30-13-10-24-50(56)51-25-11-14-31-57(51)67/h1-42H. The Bertz CT molecular complexity index is 4180. The molecular formula is C67H42N2O. The normalized spacial score (nSPS) is 13.0. The van der Waals surface area contributed by atoms with Crippen LogP contribution in [-0.4, -0.2) is 4.57 Å². The lowest BCUT2D eigenvalue weighted by atomic mass is 9.70. The lowest BCUT2D eigenvalue weighted by Gasteiger charge is -2.30. The highest BCUT2D eigenvalue weighted by atomic mass is 16.3. The first kappa shape index (κ1) is 38.9. The van der Waals surface area contributed by atoms with Gasteiger partial charge in [0.1, 0.15) is 5.58 Å². The zero-order valence-corrected chi connectivity index (χ0v) is 38.1. The molecule has 2 aromatic heterocycles. The van der Waals surface area contributed by atoms with Crippen LogP contribution < -0.4 is 4.90 Å². The number of furan rings is 1. The summed E-state index contributed by atoms with van der Waals surface area (Å²) in [6.45, 7) is 0. The molecule has 326 valence electrons. The number of anilines is 3. The predicted molar refractivity (Wildman–Crippen MR) is 290 cm³/mol. The molecule has 0 amide bonds. The SMILES string of the molecule is c1ccc(-c2ccc(N(c3ccc4c(c3)c3c5c(ccc3n4-c3ccccc3)C3(c4ccccc4-c4ccccc43)c3ccccc3-5)c3cccc4c3oc3c(-c5ccccc5)cccc34)cc2)cc1. The van der Waals surface area contributed by atoms with Crippen LogP contribution in [0.15, 0.2) is 259 Å². The van der Waals surface area contributed by atoms with E-state index in [-0.39, 0.29) is 0 Å². The van der Waals surface area contributed by atoms with Crippen molar-refractivity contribution in [3.8, 4) is 50.2 Å². The molecule has 1 spiro atoms. The lowest BCUT2D eigenvalue weighted by Crippen LogP contribution is -2.25. The molecular weight excluding hydrogens is 849 g/mol. The van der Waals surface area contributed by atoms with Gasteiger partial charge in [-0.1, -0.05) is 200 Å². The van der Waals surface area contributed by atoms with E-state index in [0.717, 1.165) is 61.3 Å². The zero-order valence-electron chi connectivity index (χ0n) is 38.1. The molecule has 0 fully saturated rings. The van der Waals surface area contributed by atoms with Gasteiger partial charge >= 0.3 is 0 Å². The van der Waals surface area contributed by atoms with Gasteiger partial charge in [0.15, 0.2) is 5.58 Å². The number of rotatable bonds is 6. The van der Waals surface area contributed by atoms with E-state index in [0.29, 0.717) is 0 Å². The summed E-state index contributed by atoms with van der Waals surface area (Å²) in [7, 11) is 0. The Kier molecular flexibility index (Phi) is 8.28. The van der Waals surface area contributed by atoms with Gasteiger partial charge in [0.2, 0.25) is 0 Å². The van der Waals surface area contributed by atoms with Crippen LogP contribution in [0.2, 0.25) is 0 Å². The van der Waals surface area contributed by atoms with Gasteiger partial charge in [-0.15, -0.1) is 0 Å². The summed E-state index contributed by atoms with van der Waals surface area (Å²) in [5, 5.41) is 4.61. The number of hydrogen-bond acceptors (Lipinski definition) is 2. The van der Waals surface area contributed by atoms with Crippen LogP contribution >= 0.6 is 0 Å². The van der Waals surface area contributed by atoms with Crippen molar-refractivity contribution in [3.63, 3.8) is 0 Å². The number of para-hydroxylation sites is 3. The van der Waals surface area contributed by atoms with Crippen molar-refractivity contribution < 1.29 is 4.42 Å². The Morgan fingerprint density at radius 1 is 0.343 bits per heavy atom. The molecule has 15 rings (SSSR count). The van der Waals surface area contributed by atoms with Gasteiger partial charge in [-0.3, -0.25) is 0 Å². The van der Waals surface area contributed by atoms with Crippen molar-refractivity contribution in [1.29, 1.82) is 0 Å². The van der Waals surface area contributed by atoms with Crippen molar-refractivity contribution in [3.05, 3.63) is 277 Å². The van der Waals surface area contributed by atoms with Crippen LogP contribution in [0.3, 0.4) is 0 Å². The molecule has 11 aromatic carbocycles. The second-order valence-corrected chi connectivity index (χ2v) is 18.7. The van der Waals surface area contributed by atoms with Crippen LogP contribution in [0.1, 0.15) is 22.3 Å². The molecule has 0 bridgehead atoms. The Balaban J connectivity index is 1.03. The molecule has 3 nitrogen and oxygen atoms in total. The van der Waals surface area contributed by atoms with Crippen LogP contribution in [-0.2, 0) is 5.41 Å². The third-order valence-electron chi connectivity index (χ3n) is 15.2. The van der Waals surface area contributed by atoms with Crippen LogP contribution in [0.5, 0.6) is 0 Å². The summed E-state index contributed by atoms with van der Waals surface area (Å²) in [5.41, 5.74) is 22.8. The summed E-state index contributed by atoms with van der Waals surface area (Å²) < 4.78 is 9.63. The van der Waals surface area contributed by atoms with Gasteiger partial charge in [0.25, 0.3) is 0 Å². The molecule has 13 aromatic rings. The quantitative estimate of drug-likeness (QED) is 0.166. The van der Waals surface area contributed by atoms with Gasteiger partial charge < -0.3 is 13.9 Å². The number of benzene rings is 11. The highest BCUT2D eigenvalue weighted by Crippen LogP contribution is 2.64. The molecule has 0 saturated carbocycles. The summed E-state index contributed by atoms with van der Waals surface area (Å²) in [5.74, 6) is 0. The smallest absolute Gasteiger partial charge is 0.159 e. The Hall–Kier alpha value is -9.18. The number of hydrogen-bond donors (Lipinski definition) is 0. The highest BCUT2D eigenvalue weighted by molar-refractivity contribution is 6.20. The van der Waals surface area contributed by atoms with Gasteiger partial charge in [-0.2, -0.15) is 0 Å². The molecule has 0 aliphatic heterocycles. The number of fused-ring (bicyclic) bond motifs is 17. The molecule has 2 aliphatic rings. The first-order chi connectivity index (χ1) is 34.8. The van der Waals surface area contributed by atoms with Gasteiger partial charge in [-0.25, -0.2) is 0 Å². The molecule has 0 unspecified atom stereocenters. The highest BCUT2D eigenvalue weighted by Gasteiger charge is 2.52. The van der Waals surface area contributed by atoms with E-state index in [1.54, 1.807) is 0 Å². The van der Waals surface area contributed by atoms with E-state index in [1.165, 1.54) is 71.9 Å². The van der Waals surface area contributed by atoms with E-state index in [9.17, 15) is 0 Å². The van der Waals surface area contributed by atoms with Gasteiger partial charge in [-0.05, 0) is 116 Å². The largest absolute Gasteiger partial charge is 0.453 e. The summed E-state index contributed by atoms with van der Waals surface area (Å²) in [6, 6.07) is 93.3. The third-order valence-corrected chi connectivity index (χ3v) is 15.2. The minimum absolute atomic E-state index is 0.464. The van der Waals surface area contributed by atoms with Crippen molar-refractivity contribution in [2.45, 2.75) is 5.41 Å². The molecule has 2 heterocycles. The summed E-state index contributed by atoms with van der Waals surface area (Å²) >= 11 is 0. The second kappa shape index (κ2) is 14.9. The topological polar surface area (TPSA) is 21.3 Å². The molecule has 0 atom stereocenters. The van der Waals surface area contributed by atoms with Crippen LogP contribution in [0, 0.1) is 0 Å². The second-order valence-electron chi connectivity index (χ2n) is 18.7. The average molecular weight is 891 g/mol. The van der Waals surface area contributed by atoms with Crippen LogP contribution in [0.4, 0.5) is 17.1 Å². The van der Waals surface area contributed by atoms with Crippen molar-refractivity contribution in [1.82, 2.24) is 4.57 Å². The van der Waals surface area contributed by atoms with Crippen molar-refractivity contribution in [2.24, 2.45) is 0 Å². The van der Waals surface area contributed by atoms with Crippen molar-refractivity contribution in [2.75, 3.05) is 4.90 Å². The first-order valence-electron chi connectivity index (χ1n) is 24.2.